The zero-order valence-electron chi connectivity index (χ0n) is 16.7. The van der Waals surface area contributed by atoms with Gasteiger partial charge >= 0.3 is 0 Å². The monoisotopic (exact) mass is 401 g/mol. The van der Waals surface area contributed by atoms with Gasteiger partial charge in [-0.15, -0.1) is 0 Å². The molecule has 8 heteroatoms. The number of likely N-dealkylation sites (tertiary alicyclic amines) is 1. The van der Waals surface area contributed by atoms with Crippen LogP contribution in [0, 0.1) is 0 Å². The zero-order chi connectivity index (χ0) is 20.5. The number of benzene rings is 1. The number of nitrogens with zero attached hydrogens (tertiary/aromatic N) is 4. The van der Waals surface area contributed by atoms with E-state index in [1.165, 1.54) is 0 Å². The fourth-order valence-corrected chi connectivity index (χ4v) is 3.93. The minimum atomic E-state index is 0.0700. The number of hydrogen-bond acceptors (Lipinski definition) is 6. The summed E-state index contributed by atoms with van der Waals surface area (Å²) in [6.07, 6.45) is 6.52. The van der Waals surface area contributed by atoms with Gasteiger partial charge in [0.05, 0.1) is 17.9 Å². The number of likely N-dealkylation sites (N-methyl/N-ethyl adjacent to an activating group) is 1. The molecule has 1 unspecified atom stereocenters. The molecule has 2 aromatic heterocycles. The Kier molecular flexibility index (Phi) is 4.76. The average Bonchev–Trinajstić information content (AvgIpc) is 3.41. The largest absolute Gasteiger partial charge is 0.360 e. The maximum Gasteiger partial charge on any atom is 0.253 e. The predicted octanol–water partition coefficient (Wildman–Crippen LogP) is 2.58. The molecule has 3 aromatic rings. The molecule has 2 aliphatic rings. The van der Waals surface area contributed by atoms with Crippen LogP contribution < -0.4 is 10.6 Å². The summed E-state index contributed by atoms with van der Waals surface area (Å²) in [5.74, 6) is 0.582. The van der Waals surface area contributed by atoms with Gasteiger partial charge in [-0.1, -0.05) is 0 Å². The lowest BCUT2D eigenvalue weighted by atomic mass is 10.1. The highest BCUT2D eigenvalue weighted by Crippen LogP contribution is 2.28. The molecule has 0 spiro atoms. The molecule has 2 aliphatic heterocycles. The van der Waals surface area contributed by atoms with Crippen LogP contribution >= 0.6 is 0 Å². The fourth-order valence-electron chi connectivity index (χ4n) is 3.93. The summed E-state index contributed by atoms with van der Waals surface area (Å²) in [5.41, 5.74) is 5.35. The van der Waals surface area contributed by atoms with Gasteiger partial charge in [-0.25, -0.2) is 9.97 Å². The van der Waals surface area contributed by atoms with E-state index in [1.54, 1.807) is 0 Å². The maximum atomic E-state index is 12.7. The number of hydrogen-bond donors (Lipinski definition) is 3. The van der Waals surface area contributed by atoms with Crippen molar-refractivity contribution in [3.8, 4) is 11.3 Å². The Hall–Kier alpha value is -3.52. The summed E-state index contributed by atoms with van der Waals surface area (Å²) in [4.78, 5) is 31.3. The van der Waals surface area contributed by atoms with Crippen LogP contribution in [-0.4, -0.2) is 58.2 Å². The topological polar surface area (TPSA) is 98.3 Å². The second kappa shape index (κ2) is 7.72. The first kappa shape index (κ1) is 18.5. The van der Waals surface area contributed by atoms with E-state index < -0.39 is 0 Å². The van der Waals surface area contributed by atoms with E-state index in [4.69, 9.17) is 4.98 Å². The number of H-pyrrole nitrogens is 1. The Morgan fingerprint density at radius 2 is 2.10 bits per heavy atom. The van der Waals surface area contributed by atoms with E-state index in [2.05, 4.69) is 25.6 Å². The van der Waals surface area contributed by atoms with Gasteiger partial charge in [-0.2, -0.15) is 0 Å². The smallest absolute Gasteiger partial charge is 0.253 e. The lowest BCUT2D eigenvalue weighted by Crippen LogP contribution is -2.33. The number of carbonyl (C=O) groups is 1. The number of fused-ring (bicyclic) bond motifs is 3. The van der Waals surface area contributed by atoms with Crippen molar-refractivity contribution in [1.29, 1.82) is 0 Å². The maximum absolute atomic E-state index is 12.7. The minimum Gasteiger partial charge on any atom is -0.360 e. The van der Waals surface area contributed by atoms with Crippen molar-refractivity contribution in [2.75, 3.05) is 25.5 Å². The molecule has 0 radical (unpaired) electrons. The molecule has 0 saturated carbocycles. The summed E-state index contributed by atoms with van der Waals surface area (Å²) in [6, 6.07) is 9.85. The van der Waals surface area contributed by atoms with Crippen molar-refractivity contribution in [1.82, 2.24) is 25.2 Å². The van der Waals surface area contributed by atoms with Crippen LogP contribution in [0.1, 0.15) is 28.0 Å². The normalized spacial score (nSPS) is 17.4. The van der Waals surface area contributed by atoms with Crippen molar-refractivity contribution < 1.29 is 4.79 Å². The third kappa shape index (κ3) is 3.46. The number of aliphatic imine (C=N–C) groups is 1. The van der Waals surface area contributed by atoms with E-state index in [0.29, 0.717) is 24.1 Å². The first-order chi connectivity index (χ1) is 14.7. The highest BCUT2D eigenvalue weighted by molar-refractivity contribution is 5.95. The molecule has 1 atom stereocenters. The Bertz CT molecular complexity index is 1100. The van der Waals surface area contributed by atoms with Gasteiger partial charge < -0.3 is 20.5 Å². The lowest BCUT2D eigenvalue weighted by Gasteiger charge is -2.16. The summed E-state index contributed by atoms with van der Waals surface area (Å²) in [6.45, 7) is 2.10. The molecule has 4 heterocycles. The molecule has 30 heavy (non-hydrogen) atoms. The summed E-state index contributed by atoms with van der Waals surface area (Å²) in [5, 5.41) is 6.48. The van der Waals surface area contributed by atoms with Gasteiger partial charge in [0.2, 0.25) is 5.95 Å². The molecule has 3 N–H and O–H groups in total. The van der Waals surface area contributed by atoms with Crippen molar-refractivity contribution >= 4 is 23.8 Å². The molecule has 1 fully saturated rings. The number of aromatic nitrogens is 3. The summed E-state index contributed by atoms with van der Waals surface area (Å²) < 4.78 is 0. The molecule has 0 aliphatic carbocycles. The molecule has 0 bridgehead atoms. The Morgan fingerprint density at radius 1 is 1.23 bits per heavy atom. The minimum absolute atomic E-state index is 0.0700. The van der Waals surface area contributed by atoms with Gasteiger partial charge in [-0.3, -0.25) is 9.79 Å². The van der Waals surface area contributed by atoms with E-state index in [-0.39, 0.29) is 5.91 Å². The first-order valence-electron chi connectivity index (χ1n) is 10.1. The standard InChI is InChI=1S/C22H23N7O/c1-23-17-7-9-29(13-17)21(30)14-2-4-16(5-3-14)27-22-26-11-15-10-24-12-19-18(6-8-25-19)20(15)28-22/h2-6,8,11-12,17,23,25H,7,9-10,13H2,1H3,(H,26,27,28). The van der Waals surface area contributed by atoms with Crippen LogP contribution in [0.3, 0.4) is 0 Å². The van der Waals surface area contributed by atoms with Crippen molar-refractivity contribution in [2.24, 2.45) is 4.99 Å². The second-order valence-electron chi connectivity index (χ2n) is 7.57. The molecule has 1 aromatic carbocycles. The highest BCUT2D eigenvalue weighted by Gasteiger charge is 2.25. The number of carbonyl (C=O) groups excluding carboxylic acids is 1. The van der Waals surface area contributed by atoms with Gasteiger partial charge in [0.1, 0.15) is 0 Å². The number of aromatic amines is 1. The number of anilines is 2. The third-order valence-electron chi connectivity index (χ3n) is 5.65. The third-order valence-corrected chi connectivity index (χ3v) is 5.65. The van der Waals surface area contributed by atoms with Crippen LogP contribution in [0.15, 0.2) is 47.7 Å². The van der Waals surface area contributed by atoms with E-state index >= 15 is 0 Å². The van der Waals surface area contributed by atoms with Crippen LogP contribution in [0.5, 0.6) is 0 Å². The lowest BCUT2D eigenvalue weighted by molar-refractivity contribution is 0.0789. The molecule has 1 saturated heterocycles. The first-order valence-corrected chi connectivity index (χ1v) is 10.1. The molecule has 8 nitrogen and oxygen atoms in total. The zero-order valence-corrected chi connectivity index (χ0v) is 16.7. The Labute approximate surface area is 174 Å². The predicted molar refractivity (Wildman–Crippen MR) is 116 cm³/mol. The molecule has 152 valence electrons. The Balaban J connectivity index is 1.32. The van der Waals surface area contributed by atoms with Crippen LogP contribution in [0.25, 0.3) is 11.3 Å². The SMILES string of the molecule is CNC1CCN(C(=O)c2ccc(Nc3ncc4c(n3)-c3cc[nH]c3C=NC4)cc2)C1. The second-order valence-corrected chi connectivity index (χ2v) is 7.57. The van der Waals surface area contributed by atoms with Crippen molar-refractivity contribution in [2.45, 2.75) is 19.0 Å². The van der Waals surface area contributed by atoms with Crippen LogP contribution in [0.4, 0.5) is 11.6 Å². The van der Waals surface area contributed by atoms with Gasteiger partial charge in [0.25, 0.3) is 5.91 Å². The Morgan fingerprint density at radius 3 is 2.90 bits per heavy atom. The van der Waals surface area contributed by atoms with Crippen LogP contribution in [-0.2, 0) is 6.54 Å². The fraction of sp³-hybridized carbons (Fsp3) is 0.273. The number of amides is 1. The molecular formula is C22H23N7O. The summed E-state index contributed by atoms with van der Waals surface area (Å²) in [7, 11) is 1.94. The molecule has 5 rings (SSSR count). The van der Waals surface area contributed by atoms with E-state index in [0.717, 1.165) is 47.7 Å². The van der Waals surface area contributed by atoms with E-state index in [9.17, 15) is 4.79 Å². The van der Waals surface area contributed by atoms with Gasteiger partial charge in [0, 0.05) is 60.1 Å². The van der Waals surface area contributed by atoms with E-state index in [1.807, 2.05) is 60.9 Å². The quantitative estimate of drug-likeness (QED) is 0.624. The highest BCUT2D eigenvalue weighted by atomic mass is 16.2. The van der Waals surface area contributed by atoms with Crippen molar-refractivity contribution in [3.63, 3.8) is 0 Å². The van der Waals surface area contributed by atoms with Crippen molar-refractivity contribution in [3.05, 3.63) is 59.5 Å². The van der Waals surface area contributed by atoms with Gasteiger partial charge in [0.15, 0.2) is 0 Å². The number of rotatable bonds is 4. The summed E-state index contributed by atoms with van der Waals surface area (Å²) >= 11 is 0. The van der Waals surface area contributed by atoms with Crippen LogP contribution in [0.2, 0.25) is 0 Å². The molecular weight excluding hydrogens is 378 g/mol. The average molecular weight is 401 g/mol. The number of nitrogens with one attached hydrogen (secondary N) is 3. The molecule has 1 amide bonds. The van der Waals surface area contributed by atoms with Gasteiger partial charge in [-0.05, 0) is 43.8 Å².